The number of benzene rings is 1. The van der Waals surface area contributed by atoms with Gasteiger partial charge in [0.05, 0.1) is 10.7 Å². The molecule has 0 atom stereocenters. The lowest BCUT2D eigenvalue weighted by molar-refractivity contribution is -0.119. The Morgan fingerprint density at radius 3 is 2.38 bits per heavy atom. The maximum absolute atomic E-state index is 13.7. The highest BCUT2D eigenvalue weighted by molar-refractivity contribution is 6.36. The fraction of sp³-hybridized carbons (Fsp3) is 0.364. The SMILES string of the molecule is O=C1CCN(c2c(F)cc(Cl)cc2Cl)CC1. The Hall–Kier alpha value is -0.800. The molecule has 1 aromatic carbocycles. The molecule has 0 aliphatic carbocycles. The van der Waals surface area contributed by atoms with Gasteiger partial charge in [-0.2, -0.15) is 0 Å². The zero-order valence-electron chi connectivity index (χ0n) is 8.47. The molecule has 5 heteroatoms. The Morgan fingerprint density at radius 2 is 1.81 bits per heavy atom. The molecule has 1 aromatic rings. The van der Waals surface area contributed by atoms with Crippen molar-refractivity contribution in [1.82, 2.24) is 0 Å². The number of piperidine rings is 1. The second-order valence-corrected chi connectivity index (χ2v) is 4.59. The zero-order valence-corrected chi connectivity index (χ0v) is 9.98. The number of halogens is 3. The first-order valence-corrected chi connectivity index (χ1v) is 5.74. The quantitative estimate of drug-likeness (QED) is 0.773. The lowest BCUT2D eigenvalue weighted by Gasteiger charge is -2.29. The van der Waals surface area contributed by atoms with Gasteiger partial charge in [-0.3, -0.25) is 4.79 Å². The van der Waals surface area contributed by atoms with E-state index in [-0.39, 0.29) is 10.8 Å². The third kappa shape index (κ3) is 2.30. The Kier molecular flexibility index (Phi) is 3.36. The Morgan fingerprint density at radius 1 is 1.19 bits per heavy atom. The first-order chi connectivity index (χ1) is 7.58. The number of hydrogen-bond donors (Lipinski definition) is 0. The maximum atomic E-state index is 13.7. The summed E-state index contributed by atoms with van der Waals surface area (Å²) in [4.78, 5) is 12.9. The van der Waals surface area contributed by atoms with Gasteiger partial charge in [-0.25, -0.2) is 4.39 Å². The van der Waals surface area contributed by atoms with E-state index in [1.807, 2.05) is 0 Å². The van der Waals surface area contributed by atoms with Crippen LogP contribution in [0.4, 0.5) is 10.1 Å². The molecular weight excluding hydrogens is 252 g/mol. The van der Waals surface area contributed by atoms with E-state index in [1.165, 1.54) is 12.1 Å². The lowest BCUT2D eigenvalue weighted by Crippen LogP contribution is -2.34. The van der Waals surface area contributed by atoms with E-state index in [9.17, 15) is 9.18 Å². The molecule has 1 aliphatic heterocycles. The maximum Gasteiger partial charge on any atom is 0.149 e. The number of hydrogen-bond acceptors (Lipinski definition) is 2. The van der Waals surface area contributed by atoms with Crippen LogP contribution in [0.1, 0.15) is 12.8 Å². The highest BCUT2D eigenvalue weighted by atomic mass is 35.5. The van der Waals surface area contributed by atoms with Gasteiger partial charge in [0.2, 0.25) is 0 Å². The van der Waals surface area contributed by atoms with Gasteiger partial charge in [-0.15, -0.1) is 0 Å². The van der Waals surface area contributed by atoms with Crippen LogP contribution < -0.4 is 4.90 Å². The van der Waals surface area contributed by atoms with Crippen LogP contribution in [0.15, 0.2) is 12.1 Å². The fourth-order valence-electron chi connectivity index (χ4n) is 1.82. The topological polar surface area (TPSA) is 20.3 Å². The van der Waals surface area contributed by atoms with Crippen LogP contribution in [-0.2, 0) is 4.79 Å². The van der Waals surface area contributed by atoms with Crippen molar-refractivity contribution in [3.05, 3.63) is 28.0 Å². The van der Waals surface area contributed by atoms with Crippen LogP contribution in [-0.4, -0.2) is 18.9 Å². The van der Waals surface area contributed by atoms with Gasteiger partial charge in [-0.1, -0.05) is 23.2 Å². The van der Waals surface area contributed by atoms with E-state index >= 15 is 0 Å². The highest BCUT2D eigenvalue weighted by Crippen LogP contribution is 2.33. The summed E-state index contributed by atoms with van der Waals surface area (Å²) in [6.07, 6.45) is 0.886. The van der Waals surface area contributed by atoms with E-state index in [2.05, 4.69) is 0 Å². The average Bonchev–Trinajstić information content (AvgIpc) is 2.19. The van der Waals surface area contributed by atoms with Crippen LogP contribution in [0.5, 0.6) is 0 Å². The molecule has 0 radical (unpaired) electrons. The molecule has 0 N–H and O–H groups in total. The molecule has 1 saturated heterocycles. The highest BCUT2D eigenvalue weighted by Gasteiger charge is 2.21. The minimum Gasteiger partial charge on any atom is -0.367 e. The first kappa shape index (κ1) is 11.7. The summed E-state index contributed by atoms with van der Waals surface area (Å²) >= 11 is 11.6. The summed E-state index contributed by atoms with van der Waals surface area (Å²) < 4.78 is 13.7. The average molecular weight is 262 g/mol. The summed E-state index contributed by atoms with van der Waals surface area (Å²) in [5, 5.41) is 0.568. The predicted octanol–water partition coefficient (Wildman–Crippen LogP) is 3.30. The summed E-state index contributed by atoms with van der Waals surface area (Å²) in [5.74, 6) is -0.228. The Bertz CT molecular complexity index is 403. The monoisotopic (exact) mass is 261 g/mol. The van der Waals surface area contributed by atoms with E-state index < -0.39 is 5.82 Å². The molecule has 0 amide bonds. The van der Waals surface area contributed by atoms with Gasteiger partial charge < -0.3 is 4.90 Å². The molecule has 2 nitrogen and oxygen atoms in total. The molecule has 1 heterocycles. The largest absolute Gasteiger partial charge is 0.367 e. The van der Waals surface area contributed by atoms with Gasteiger partial charge in [0, 0.05) is 31.0 Å². The number of ketones is 1. The minimum absolute atomic E-state index is 0.210. The lowest BCUT2D eigenvalue weighted by atomic mass is 10.1. The summed E-state index contributed by atoms with van der Waals surface area (Å²) in [7, 11) is 0. The molecule has 0 bridgehead atoms. The molecule has 16 heavy (non-hydrogen) atoms. The molecule has 0 spiro atoms. The molecule has 2 rings (SSSR count). The molecule has 86 valence electrons. The van der Waals surface area contributed by atoms with Crippen molar-refractivity contribution in [2.24, 2.45) is 0 Å². The van der Waals surface area contributed by atoms with Crippen molar-refractivity contribution in [3.63, 3.8) is 0 Å². The predicted molar refractivity (Wildman–Crippen MR) is 62.9 cm³/mol. The van der Waals surface area contributed by atoms with E-state index in [1.54, 1.807) is 4.90 Å². The van der Waals surface area contributed by atoms with Crippen molar-refractivity contribution in [2.75, 3.05) is 18.0 Å². The fourth-order valence-corrected chi connectivity index (χ4v) is 2.40. The summed E-state index contributed by atoms with van der Waals surface area (Å²) in [5.41, 5.74) is 0.346. The third-order valence-corrected chi connectivity index (χ3v) is 3.13. The summed E-state index contributed by atoms with van der Waals surface area (Å²) in [6.45, 7) is 1.02. The molecule has 0 unspecified atom stereocenters. The Balaban J connectivity index is 2.30. The summed E-state index contributed by atoms with van der Waals surface area (Å²) in [6, 6.07) is 2.75. The molecular formula is C11H10Cl2FNO. The molecule has 1 fully saturated rings. The molecule has 1 aliphatic rings. The molecule has 0 aromatic heterocycles. The smallest absolute Gasteiger partial charge is 0.149 e. The van der Waals surface area contributed by atoms with Gasteiger partial charge >= 0.3 is 0 Å². The number of rotatable bonds is 1. The van der Waals surface area contributed by atoms with Crippen LogP contribution >= 0.6 is 23.2 Å². The van der Waals surface area contributed by atoms with E-state index in [0.29, 0.717) is 36.6 Å². The second kappa shape index (κ2) is 4.60. The standard InChI is InChI=1S/C11H10Cl2FNO/c12-7-5-9(13)11(10(14)6-7)15-3-1-8(16)2-4-15/h5-6H,1-4H2. The molecule has 0 saturated carbocycles. The Labute approximate surface area is 103 Å². The number of anilines is 1. The van der Waals surface area contributed by atoms with Crippen LogP contribution in [0, 0.1) is 5.82 Å². The number of nitrogens with zero attached hydrogens (tertiary/aromatic N) is 1. The van der Waals surface area contributed by atoms with Crippen LogP contribution in [0.3, 0.4) is 0 Å². The van der Waals surface area contributed by atoms with E-state index in [0.717, 1.165) is 0 Å². The third-order valence-electron chi connectivity index (χ3n) is 2.62. The van der Waals surface area contributed by atoms with Gasteiger partial charge in [0.25, 0.3) is 0 Å². The van der Waals surface area contributed by atoms with Crippen molar-refractivity contribution in [1.29, 1.82) is 0 Å². The van der Waals surface area contributed by atoms with Crippen molar-refractivity contribution in [3.8, 4) is 0 Å². The van der Waals surface area contributed by atoms with E-state index in [4.69, 9.17) is 23.2 Å². The van der Waals surface area contributed by atoms with Crippen LogP contribution in [0.2, 0.25) is 10.0 Å². The van der Waals surface area contributed by atoms with Crippen molar-refractivity contribution < 1.29 is 9.18 Å². The normalized spacial score (nSPS) is 16.7. The number of carbonyl (C=O) groups excluding carboxylic acids is 1. The van der Waals surface area contributed by atoms with Crippen molar-refractivity contribution in [2.45, 2.75) is 12.8 Å². The van der Waals surface area contributed by atoms with Crippen LogP contribution in [0.25, 0.3) is 0 Å². The van der Waals surface area contributed by atoms with Crippen molar-refractivity contribution >= 4 is 34.7 Å². The number of Topliss-reactive ketones (excluding diaryl/α,β-unsaturated/α-hetero) is 1. The second-order valence-electron chi connectivity index (χ2n) is 3.74. The van der Waals surface area contributed by atoms with Gasteiger partial charge in [-0.05, 0) is 12.1 Å². The minimum atomic E-state index is -0.438. The zero-order chi connectivity index (χ0) is 11.7. The van der Waals surface area contributed by atoms with Gasteiger partial charge in [0.1, 0.15) is 11.6 Å². The van der Waals surface area contributed by atoms with Gasteiger partial charge in [0.15, 0.2) is 0 Å². The number of carbonyl (C=O) groups is 1. The first-order valence-electron chi connectivity index (χ1n) is 4.99.